The third-order valence-electron chi connectivity index (χ3n) is 6.25. The lowest BCUT2D eigenvalue weighted by atomic mass is 9.90. The van der Waals surface area contributed by atoms with Crippen LogP contribution in [-0.4, -0.2) is 7.11 Å². The maximum Gasteiger partial charge on any atom is 0.137 e. The van der Waals surface area contributed by atoms with E-state index in [1.165, 1.54) is 32.3 Å². The van der Waals surface area contributed by atoms with Gasteiger partial charge in [-0.25, -0.2) is 0 Å². The number of rotatable bonds is 4. The van der Waals surface area contributed by atoms with Crippen molar-refractivity contribution < 1.29 is 9.30 Å². The van der Waals surface area contributed by atoms with Crippen LogP contribution >= 0.6 is 7.80 Å². The summed E-state index contributed by atoms with van der Waals surface area (Å²) >= 11 is 0. The second-order valence-electron chi connectivity index (χ2n) is 7.98. The van der Waals surface area contributed by atoms with E-state index < -0.39 is 7.80 Å². The normalized spacial score (nSPS) is 12.0. The quantitative estimate of drug-likeness (QED) is 0.221. The van der Waals surface area contributed by atoms with Crippen LogP contribution in [0.15, 0.2) is 103 Å². The van der Waals surface area contributed by atoms with Gasteiger partial charge in [0.05, 0.1) is 7.11 Å². The Hall–Kier alpha value is -3.74. The van der Waals surface area contributed by atoms with Gasteiger partial charge in [-0.1, -0.05) is 72.8 Å². The van der Waals surface area contributed by atoms with E-state index in [0.29, 0.717) is 0 Å². The number of benzene rings is 6. The lowest BCUT2D eigenvalue weighted by Gasteiger charge is -2.16. The molecular weight excluding hydrogens is 411 g/mol. The van der Waals surface area contributed by atoms with Crippen molar-refractivity contribution >= 4 is 50.7 Å². The second kappa shape index (κ2) is 7.44. The largest absolute Gasteiger partial charge is 0.497 e. The molecule has 0 aliphatic carbocycles. The Balaban J connectivity index is 1.59. The molecule has 6 aromatic carbocycles. The SMILES string of the molecule is COc1ccc([P](=O)c2ccccc2-c2ccc3ccc4cccc5ccc2c3c45)cc1. The zero-order valence-corrected chi connectivity index (χ0v) is 18.5. The van der Waals surface area contributed by atoms with E-state index >= 15 is 0 Å². The fraction of sp³-hybridized carbons (Fsp3) is 0.0345. The summed E-state index contributed by atoms with van der Waals surface area (Å²) in [5.74, 6) is 0.761. The van der Waals surface area contributed by atoms with E-state index in [9.17, 15) is 4.57 Å². The first-order valence-corrected chi connectivity index (χ1v) is 11.9. The molecule has 0 spiro atoms. The van der Waals surface area contributed by atoms with Gasteiger partial charge in [0.25, 0.3) is 0 Å². The number of hydrogen-bond acceptors (Lipinski definition) is 2. The number of ether oxygens (including phenoxy) is 1. The van der Waals surface area contributed by atoms with Gasteiger partial charge >= 0.3 is 0 Å². The van der Waals surface area contributed by atoms with Crippen LogP contribution in [0.4, 0.5) is 0 Å². The first-order chi connectivity index (χ1) is 15.7. The van der Waals surface area contributed by atoms with Crippen molar-refractivity contribution in [2.75, 3.05) is 7.11 Å². The van der Waals surface area contributed by atoms with E-state index in [2.05, 4.69) is 60.7 Å². The second-order valence-corrected chi connectivity index (χ2v) is 9.57. The Morgan fingerprint density at radius 2 is 1.25 bits per heavy atom. The molecule has 0 saturated heterocycles. The Bertz CT molecular complexity index is 1600. The Morgan fingerprint density at radius 1 is 0.594 bits per heavy atom. The topological polar surface area (TPSA) is 26.3 Å². The van der Waals surface area contributed by atoms with E-state index in [0.717, 1.165) is 27.5 Å². The lowest BCUT2D eigenvalue weighted by Crippen LogP contribution is -2.09. The third kappa shape index (κ3) is 2.88. The van der Waals surface area contributed by atoms with E-state index in [1.54, 1.807) is 7.11 Å². The molecule has 0 N–H and O–H groups in total. The minimum Gasteiger partial charge on any atom is -0.497 e. The fourth-order valence-electron chi connectivity index (χ4n) is 4.71. The Morgan fingerprint density at radius 3 is 2.00 bits per heavy atom. The van der Waals surface area contributed by atoms with Gasteiger partial charge in [0.2, 0.25) is 0 Å². The number of methoxy groups -OCH3 is 1. The summed E-state index contributed by atoms with van der Waals surface area (Å²) in [6, 6.07) is 35.1. The highest BCUT2D eigenvalue weighted by Crippen LogP contribution is 2.40. The van der Waals surface area contributed by atoms with Crippen molar-refractivity contribution in [3.63, 3.8) is 0 Å². The Labute approximate surface area is 187 Å². The maximum absolute atomic E-state index is 13.6. The van der Waals surface area contributed by atoms with Crippen LogP contribution in [-0.2, 0) is 4.57 Å². The molecule has 0 fully saturated rings. The lowest BCUT2D eigenvalue weighted by molar-refractivity contribution is 0.415. The standard InChI is InChI=1S/C29H20O2P/c1-31-22-13-15-23(16-14-22)32(30)27-8-3-2-7-25(27)24-17-11-21-10-9-19-5-4-6-20-12-18-26(24)29(21)28(19)20/h2-18H,1H3. The molecule has 6 aromatic rings. The van der Waals surface area contributed by atoms with Crippen molar-refractivity contribution in [2.45, 2.75) is 0 Å². The van der Waals surface area contributed by atoms with Crippen molar-refractivity contribution in [3.8, 4) is 16.9 Å². The van der Waals surface area contributed by atoms with Gasteiger partial charge in [-0.15, -0.1) is 0 Å². The van der Waals surface area contributed by atoms with E-state index in [4.69, 9.17) is 4.74 Å². The molecule has 153 valence electrons. The summed E-state index contributed by atoms with van der Waals surface area (Å²) in [5.41, 5.74) is 2.13. The maximum atomic E-state index is 13.6. The molecule has 0 amide bonds. The molecule has 0 bridgehead atoms. The molecule has 1 unspecified atom stereocenters. The number of hydrogen-bond donors (Lipinski definition) is 0. The van der Waals surface area contributed by atoms with E-state index in [-0.39, 0.29) is 0 Å². The minimum atomic E-state index is -1.74. The van der Waals surface area contributed by atoms with Gasteiger partial charge < -0.3 is 4.74 Å². The molecule has 0 aliphatic rings. The van der Waals surface area contributed by atoms with Gasteiger partial charge in [0, 0.05) is 10.6 Å². The van der Waals surface area contributed by atoms with Gasteiger partial charge in [0.1, 0.15) is 13.6 Å². The minimum absolute atomic E-state index is 0.761. The first kappa shape index (κ1) is 19.0. The molecule has 0 saturated carbocycles. The summed E-state index contributed by atoms with van der Waals surface area (Å²) in [7, 11) is -0.105. The van der Waals surface area contributed by atoms with Crippen LogP contribution < -0.4 is 15.3 Å². The molecule has 0 aliphatic heterocycles. The predicted octanol–water partition coefficient (Wildman–Crippen LogP) is 7.04. The fourth-order valence-corrected chi connectivity index (χ4v) is 6.04. The van der Waals surface area contributed by atoms with Gasteiger partial charge in [-0.2, -0.15) is 0 Å². The van der Waals surface area contributed by atoms with Crippen LogP contribution in [0.25, 0.3) is 43.4 Å². The molecule has 32 heavy (non-hydrogen) atoms. The van der Waals surface area contributed by atoms with E-state index in [1.807, 2.05) is 42.5 Å². The summed E-state index contributed by atoms with van der Waals surface area (Å²) in [6.45, 7) is 0. The zero-order valence-electron chi connectivity index (χ0n) is 17.6. The molecule has 6 rings (SSSR count). The monoisotopic (exact) mass is 431 g/mol. The first-order valence-electron chi connectivity index (χ1n) is 10.6. The van der Waals surface area contributed by atoms with Crippen LogP contribution in [0.2, 0.25) is 0 Å². The van der Waals surface area contributed by atoms with Gasteiger partial charge in [0.15, 0.2) is 0 Å². The average Bonchev–Trinajstić information content (AvgIpc) is 2.87. The van der Waals surface area contributed by atoms with Crippen molar-refractivity contribution in [1.82, 2.24) is 0 Å². The molecular formula is C29H20O2P. The molecule has 0 aromatic heterocycles. The van der Waals surface area contributed by atoms with Gasteiger partial charge in [-0.05, 0) is 73.8 Å². The van der Waals surface area contributed by atoms with Crippen LogP contribution in [0.3, 0.4) is 0 Å². The van der Waals surface area contributed by atoms with Gasteiger partial charge in [-0.3, -0.25) is 4.57 Å². The van der Waals surface area contributed by atoms with Crippen LogP contribution in [0.1, 0.15) is 0 Å². The molecule has 0 heterocycles. The van der Waals surface area contributed by atoms with Crippen molar-refractivity contribution in [2.24, 2.45) is 0 Å². The third-order valence-corrected chi connectivity index (χ3v) is 7.84. The molecule has 1 radical (unpaired) electrons. The molecule has 1 atom stereocenters. The molecule has 2 nitrogen and oxygen atoms in total. The predicted molar refractivity (Wildman–Crippen MR) is 135 cm³/mol. The average molecular weight is 431 g/mol. The van der Waals surface area contributed by atoms with Crippen LogP contribution in [0.5, 0.6) is 5.75 Å². The summed E-state index contributed by atoms with van der Waals surface area (Å²) < 4.78 is 18.9. The highest BCUT2D eigenvalue weighted by Gasteiger charge is 2.17. The summed E-state index contributed by atoms with van der Waals surface area (Å²) in [5, 5.41) is 9.12. The highest BCUT2D eigenvalue weighted by molar-refractivity contribution is 7.61. The molecule has 3 heteroatoms. The highest BCUT2D eigenvalue weighted by atomic mass is 31.1. The van der Waals surface area contributed by atoms with Crippen LogP contribution in [0, 0.1) is 0 Å². The van der Waals surface area contributed by atoms with Crippen molar-refractivity contribution in [1.29, 1.82) is 0 Å². The zero-order chi connectivity index (χ0) is 21.7. The summed E-state index contributed by atoms with van der Waals surface area (Å²) in [4.78, 5) is 0. The Kier molecular flexibility index (Phi) is 4.41. The van der Waals surface area contributed by atoms with Crippen molar-refractivity contribution in [3.05, 3.63) is 103 Å². The smallest absolute Gasteiger partial charge is 0.137 e. The summed E-state index contributed by atoms with van der Waals surface area (Å²) in [6.07, 6.45) is 0.